The van der Waals surface area contributed by atoms with Gasteiger partial charge < -0.3 is 0 Å². The molecule has 28 heavy (non-hydrogen) atoms. The Hall–Kier alpha value is -0.990. The summed E-state index contributed by atoms with van der Waals surface area (Å²) >= 11 is 0. The van der Waals surface area contributed by atoms with Gasteiger partial charge >= 0.3 is 0 Å². The Kier molecular flexibility index (Phi) is 5.96. The van der Waals surface area contributed by atoms with Gasteiger partial charge in [0.1, 0.15) is 0 Å². The Morgan fingerprint density at radius 3 is 2.25 bits per heavy atom. The van der Waals surface area contributed by atoms with Crippen molar-refractivity contribution in [3.8, 4) is 0 Å². The molecule has 3 rings (SSSR count). The zero-order valence-electron chi connectivity index (χ0n) is 17.9. The predicted molar refractivity (Wildman–Crippen MR) is 109 cm³/mol. The molecular weight excluding hydrogens is 376 g/mol. The summed E-state index contributed by atoms with van der Waals surface area (Å²) in [5, 5.41) is 2.07. The smallest absolute Gasteiger partial charge is 0.265 e. The maximum absolute atomic E-state index is 13.1. The third-order valence-electron chi connectivity index (χ3n) is 5.81. The summed E-state index contributed by atoms with van der Waals surface area (Å²) in [7, 11) is -3.74. The molecule has 2 fully saturated rings. The molecule has 0 saturated carbocycles. The second-order valence-corrected chi connectivity index (χ2v) is 11.2. The summed E-state index contributed by atoms with van der Waals surface area (Å²) in [5.74, 6) is 0. The summed E-state index contributed by atoms with van der Waals surface area (Å²) in [5.41, 5.74) is 0.838. The summed E-state index contributed by atoms with van der Waals surface area (Å²) < 4.78 is 27.4. The van der Waals surface area contributed by atoms with Crippen molar-refractivity contribution in [2.24, 2.45) is 0 Å². The Labute approximate surface area is 169 Å². The molecule has 2 atom stereocenters. The van der Waals surface area contributed by atoms with Gasteiger partial charge in [-0.1, -0.05) is 22.2 Å². The highest BCUT2D eigenvalue weighted by Crippen LogP contribution is 2.39. The summed E-state index contributed by atoms with van der Waals surface area (Å²) in [4.78, 5) is 12.2. The molecule has 0 N–H and O–H groups in total. The first-order valence-corrected chi connectivity index (χ1v) is 11.6. The summed E-state index contributed by atoms with van der Waals surface area (Å²) in [6, 6.07) is 6.51. The number of nitrogens with zero attached hydrogens (tertiary/aromatic N) is 2. The minimum atomic E-state index is -3.74. The van der Waals surface area contributed by atoms with Crippen LogP contribution in [0.15, 0.2) is 29.2 Å². The summed E-state index contributed by atoms with van der Waals surface area (Å²) in [6.07, 6.45) is 3.71. The van der Waals surface area contributed by atoms with E-state index in [1.807, 2.05) is 13.8 Å². The minimum absolute atomic E-state index is 0.0898. The molecule has 0 spiro atoms. The van der Waals surface area contributed by atoms with Crippen LogP contribution in [-0.4, -0.2) is 47.8 Å². The molecule has 7 heteroatoms. The van der Waals surface area contributed by atoms with Gasteiger partial charge in [0.05, 0.1) is 23.6 Å². The van der Waals surface area contributed by atoms with E-state index in [2.05, 4.69) is 32.8 Å². The van der Waals surface area contributed by atoms with Gasteiger partial charge in [-0.05, 0) is 79.4 Å². The second kappa shape index (κ2) is 7.69. The van der Waals surface area contributed by atoms with Crippen LogP contribution in [0.25, 0.3) is 0 Å². The van der Waals surface area contributed by atoms with Gasteiger partial charge in [-0.25, -0.2) is 8.42 Å². The number of benzene rings is 1. The van der Waals surface area contributed by atoms with Crippen molar-refractivity contribution in [3.63, 3.8) is 0 Å². The number of rotatable bonds is 5. The number of sulfonamides is 1. The lowest BCUT2D eigenvalue weighted by atomic mass is 9.82. The largest absolute Gasteiger partial charge is 0.296 e. The number of hydrogen-bond donors (Lipinski definition) is 0. The van der Waals surface area contributed by atoms with E-state index in [4.69, 9.17) is 9.68 Å². The summed E-state index contributed by atoms with van der Waals surface area (Å²) in [6.45, 7) is 12.8. The van der Waals surface area contributed by atoms with Crippen molar-refractivity contribution in [3.05, 3.63) is 29.8 Å². The predicted octanol–water partition coefficient (Wildman–Crippen LogP) is 4.05. The van der Waals surface area contributed by atoms with E-state index in [9.17, 15) is 8.42 Å². The van der Waals surface area contributed by atoms with Gasteiger partial charge in [0.15, 0.2) is 0 Å². The third kappa shape index (κ3) is 4.28. The average molecular weight is 411 g/mol. The number of hydrogen-bond acceptors (Lipinski definition) is 5. The lowest BCUT2D eigenvalue weighted by molar-refractivity contribution is -0.287. The third-order valence-corrected chi connectivity index (χ3v) is 7.54. The first-order chi connectivity index (χ1) is 12.9. The number of aryl methyl sites for hydroxylation is 1. The molecule has 2 saturated heterocycles. The van der Waals surface area contributed by atoms with Gasteiger partial charge in [-0.15, -0.1) is 0 Å². The maximum atomic E-state index is 13.1. The maximum Gasteiger partial charge on any atom is 0.265 e. The molecule has 6 nitrogen and oxygen atoms in total. The van der Waals surface area contributed by atoms with Gasteiger partial charge in [0.25, 0.3) is 10.0 Å². The Morgan fingerprint density at radius 2 is 1.68 bits per heavy atom. The molecule has 1 aromatic rings. The van der Waals surface area contributed by atoms with Crippen molar-refractivity contribution in [1.82, 2.24) is 9.53 Å². The van der Waals surface area contributed by atoms with Crippen molar-refractivity contribution in [1.29, 1.82) is 0 Å². The minimum Gasteiger partial charge on any atom is -0.296 e. The molecule has 0 aliphatic carbocycles. The van der Waals surface area contributed by atoms with Crippen LogP contribution >= 0.6 is 0 Å². The van der Waals surface area contributed by atoms with Gasteiger partial charge in [-0.3, -0.25) is 9.68 Å². The van der Waals surface area contributed by atoms with Crippen molar-refractivity contribution in [2.45, 2.75) is 95.3 Å². The quantitative estimate of drug-likeness (QED) is 0.733. The fraction of sp³-hybridized carbons (Fsp3) is 0.714. The van der Waals surface area contributed by atoms with Crippen LogP contribution in [0.1, 0.15) is 65.9 Å². The Bertz CT molecular complexity index is 773. The van der Waals surface area contributed by atoms with Crippen LogP contribution < -0.4 is 0 Å². The second-order valence-electron chi connectivity index (χ2n) is 9.45. The van der Waals surface area contributed by atoms with E-state index in [0.717, 1.165) is 29.3 Å². The molecule has 0 unspecified atom stereocenters. The highest BCUT2D eigenvalue weighted by atomic mass is 32.2. The molecule has 1 aromatic carbocycles. The number of hydroxylamine groups is 3. The molecular formula is C21H34N2O4S. The highest BCUT2D eigenvalue weighted by Gasteiger charge is 2.45. The molecule has 2 heterocycles. The normalized spacial score (nSPS) is 28.5. The topological polar surface area (TPSA) is 59.1 Å². The first-order valence-electron chi connectivity index (χ1n) is 10.1. The van der Waals surface area contributed by atoms with Crippen LogP contribution in [-0.2, 0) is 19.7 Å². The zero-order chi connectivity index (χ0) is 20.7. The van der Waals surface area contributed by atoms with E-state index >= 15 is 0 Å². The molecule has 2 aliphatic rings. The van der Waals surface area contributed by atoms with Crippen molar-refractivity contribution in [2.75, 3.05) is 6.61 Å². The van der Waals surface area contributed by atoms with E-state index in [0.29, 0.717) is 6.42 Å². The van der Waals surface area contributed by atoms with E-state index < -0.39 is 10.0 Å². The van der Waals surface area contributed by atoms with E-state index in [1.165, 1.54) is 0 Å². The van der Waals surface area contributed by atoms with Gasteiger partial charge in [0.2, 0.25) is 0 Å². The SMILES string of the molecule is Cc1ccc(S(=O)(=O)N2O[C@H](C)C[C@@H]2CON2C(C)(C)CCCC2(C)C)cc1. The lowest BCUT2D eigenvalue weighted by Crippen LogP contribution is -2.59. The van der Waals surface area contributed by atoms with Crippen LogP contribution in [0.4, 0.5) is 0 Å². The molecule has 0 radical (unpaired) electrons. The van der Waals surface area contributed by atoms with Crippen LogP contribution in [0, 0.1) is 6.92 Å². The highest BCUT2D eigenvalue weighted by molar-refractivity contribution is 7.89. The molecule has 0 amide bonds. The molecule has 0 aromatic heterocycles. The fourth-order valence-corrected chi connectivity index (χ4v) is 5.95. The van der Waals surface area contributed by atoms with Gasteiger partial charge in [-0.2, -0.15) is 5.06 Å². The monoisotopic (exact) mass is 410 g/mol. The van der Waals surface area contributed by atoms with Crippen molar-refractivity contribution < 1.29 is 18.1 Å². The Morgan fingerprint density at radius 1 is 1.11 bits per heavy atom. The molecule has 158 valence electrons. The fourth-order valence-electron chi connectivity index (χ4n) is 4.46. The Balaban J connectivity index is 1.78. The van der Waals surface area contributed by atoms with Crippen LogP contribution in [0.5, 0.6) is 0 Å². The van der Waals surface area contributed by atoms with Crippen LogP contribution in [0.2, 0.25) is 0 Å². The molecule has 0 bridgehead atoms. The van der Waals surface area contributed by atoms with Crippen molar-refractivity contribution >= 4 is 10.0 Å². The average Bonchev–Trinajstić information content (AvgIpc) is 2.95. The molecule has 2 aliphatic heterocycles. The zero-order valence-corrected chi connectivity index (χ0v) is 18.8. The van der Waals surface area contributed by atoms with Crippen LogP contribution in [0.3, 0.4) is 0 Å². The van der Waals surface area contributed by atoms with Gasteiger partial charge in [0, 0.05) is 11.1 Å². The number of piperidine rings is 1. The van der Waals surface area contributed by atoms with E-state index in [1.54, 1.807) is 24.3 Å². The van der Waals surface area contributed by atoms with E-state index in [-0.39, 0.29) is 34.7 Å². The standard InChI is InChI=1S/C21H34N2O4S/c1-16-8-10-19(11-9-16)28(24,25)22-18(14-17(2)27-22)15-26-23-20(3,4)12-7-13-21(23,5)6/h8-11,17-18H,7,12-15H2,1-6H3/t17-,18-/m1/s1. The first kappa shape index (κ1) is 21.7. The lowest BCUT2D eigenvalue weighted by Gasteiger charge is -2.51.